The summed E-state index contributed by atoms with van der Waals surface area (Å²) in [6, 6.07) is 15.3. The van der Waals surface area contributed by atoms with Gasteiger partial charge in [-0.2, -0.15) is 10.1 Å². The number of hydrogen-bond acceptors (Lipinski definition) is 6. The van der Waals surface area contributed by atoms with Crippen LogP contribution < -0.4 is 21.4 Å². The molecule has 0 radical (unpaired) electrons. The summed E-state index contributed by atoms with van der Waals surface area (Å²) >= 11 is 3.48. The highest BCUT2D eigenvalue weighted by Gasteiger charge is 2.19. The van der Waals surface area contributed by atoms with E-state index < -0.39 is 11.2 Å². The number of hydrogen-bond donors (Lipinski definition) is 1. The van der Waals surface area contributed by atoms with E-state index in [9.17, 15) is 9.59 Å². The minimum atomic E-state index is -0.441. The number of rotatable bonds is 7. The topological polar surface area (TPSA) is 95.4 Å². The van der Waals surface area contributed by atoms with Crippen molar-refractivity contribution in [2.24, 2.45) is 19.2 Å². The van der Waals surface area contributed by atoms with E-state index in [4.69, 9.17) is 4.74 Å². The van der Waals surface area contributed by atoms with E-state index in [1.165, 1.54) is 11.6 Å². The standard InChI is InChI=1S/C23H23BrN6O3/c1-4-33-18-10-8-15(9-11-18)13-25-27-22-26-20-19(21(31)29(3)23(32)28(20)2)30(22)14-16-6-5-7-17(24)12-16/h5-13H,4,14H2,1-3H3,(H,26,27)/b25-13-. The Labute approximate surface area is 198 Å². The smallest absolute Gasteiger partial charge is 0.332 e. The van der Waals surface area contributed by atoms with E-state index in [-0.39, 0.29) is 5.65 Å². The van der Waals surface area contributed by atoms with Crippen LogP contribution in [0.25, 0.3) is 11.2 Å². The van der Waals surface area contributed by atoms with Crippen LogP contribution in [0.1, 0.15) is 18.1 Å². The Kier molecular flexibility index (Phi) is 6.45. The second-order valence-corrected chi connectivity index (χ2v) is 8.32. The monoisotopic (exact) mass is 510 g/mol. The molecule has 0 aliphatic carbocycles. The fourth-order valence-electron chi connectivity index (χ4n) is 3.49. The first kappa shape index (κ1) is 22.5. The van der Waals surface area contributed by atoms with E-state index >= 15 is 0 Å². The fourth-order valence-corrected chi connectivity index (χ4v) is 3.93. The maximum atomic E-state index is 13.0. The van der Waals surface area contributed by atoms with Gasteiger partial charge in [0.15, 0.2) is 11.2 Å². The van der Waals surface area contributed by atoms with E-state index in [2.05, 4.69) is 31.4 Å². The van der Waals surface area contributed by atoms with Gasteiger partial charge in [0.25, 0.3) is 5.56 Å². The van der Waals surface area contributed by atoms with Crippen molar-refractivity contribution >= 4 is 39.3 Å². The number of anilines is 1. The van der Waals surface area contributed by atoms with Gasteiger partial charge in [0, 0.05) is 18.6 Å². The highest BCUT2D eigenvalue weighted by molar-refractivity contribution is 9.10. The molecule has 9 nitrogen and oxygen atoms in total. The maximum Gasteiger partial charge on any atom is 0.332 e. The Bertz CT molecular complexity index is 1450. The number of aromatic nitrogens is 4. The molecule has 0 amide bonds. The van der Waals surface area contributed by atoms with E-state index in [0.717, 1.165) is 25.9 Å². The summed E-state index contributed by atoms with van der Waals surface area (Å²) in [5.41, 5.74) is 4.50. The number of halogens is 1. The van der Waals surface area contributed by atoms with Gasteiger partial charge in [-0.05, 0) is 54.4 Å². The number of imidazole rings is 1. The van der Waals surface area contributed by atoms with Crippen molar-refractivity contribution in [3.63, 3.8) is 0 Å². The van der Waals surface area contributed by atoms with Crippen LogP contribution in [0.5, 0.6) is 5.75 Å². The summed E-state index contributed by atoms with van der Waals surface area (Å²) in [7, 11) is 3.05. The molecular weight excluding hydrogens is 488 g/mol. The Hall–Kier alpha value is -3.66. The normalized spacial score (nSPS) is 11.4. The van der Waals surface area contributed by atoms with Crippen molar-refractivity contribution in [1.82, 2.24) is 18.7 Å². The maximum absolute atomic E-state index is 13.0. The van der Waals surface area contributed by atoms with Crippen molar-refractivity contribution in [2.75, 3.05) is 12.0 Å². The number of aryl methyl sites for hydroxylation is 1. The number of hydrazone groups is 1. The van der Waals surface area contributed by atoms with Crippen molar-refractivity contribution in [3.05, 3.63) is 85.0 Å². The Morgan fingerprint density at radius 2 is 1.88 bits per heavy atom. The minimum Gasteiger partial charge on any atom is -0.494 e. The van der Waals surface area contributed by atoms with Gasteiger partial charge >= 0.3 is 5.69 Å². The van der Waals surface area contributed by atoms with Gasteiger partial charge in [0.1, 0.15) is 5.75 Å². The van der Waals surface area contributed by atoms with Crippen LogP contribution in [0.4, 0.5) is 5.95 Å². The van der Waals surface area contributed by atoms with Gasteiger partial charge in [0.2, 0.25) is 5.95 Å². The molecule has 0 unspecified atom stereocenters. The summed E-state index contributed by atoms with van der Waals surface area (Å²) in [4.78, 5) is 29.9. The lowest BCUT2D eigenvalue weighted by Crippen LogP contribution is -2.37. The molecule has 0 bridgehead atoms. The van der Waals surface area contributed by atoms with E-state index in [1.807, 2.05) is 55.5 Å². The molecule has 10 heteroatoms. The zero-order chi connectivity index (χ0) is 23.5. The van der Waals surface area contributed by atoms with Crippen molar-refractivity contribution in [2.45, 2.75) is 13.5 Å². The van der Waals surface area contributed by atoms with Gasteiger partial charge in [-0.25, -0.2) is 10.2 Å². The third kappa shape index (κ3) is 4.61. The van der Waals surface area contributed by atoms with Crippen molar-refractivity contribution in [3.8, 4) is 5.75 Å². The minimum absolute atomic E-state index is 0.289. The lowest BCUT2D eigenvalue weighted by atomic mass is 10.2. The first-order chi connectivity index (χ1) is 15.9. The fraction of sp³-hybridized carbons (Fsp3) is 0.217. The summed E-state index contributed by atoms with van der Waals surface area (Å²) in [5.74, 6) is 1.14. The molecule has 4 aromatic rings. The second-order valence-electron chi connectivity index (χ2n) is 7.40. The molecule has 2 aromatic carbocycles. The predicted molar refractivity (Wildman–Crippen MR) is 132 cm³/mol. The quantitative estimate of drug-likeness (QED) is 0.304. The molecule has 33 heavy (non-hydrogen) atoms. The molecule has 1 N–H and O–H groups in total. The summed E-state index contributed by atoms with van der Waals surface area (Å²) in [5, 5.41) is 4.30. The molecule has 0 atom stereocenters. The van der Waals surface area contributed by atoms with Crippen LogP contribution in [-0.2, 0) is 20.6 Å². The SMILES string of the molecule is CCOc1ccc(/C=N\Nc2nc3c(c(=O)n(C)c(=O)n3C)n2Cc2cccc(Br)c2)cc1. The van der Waals surface area contributed by atoms with Gasteiger partial charge < -0.3 is 4.74 Å². The van der Waals surface area contributed by atoms with Crippen molar-refractivity contribution in [1.29, 1.82) is 0 Å². The second kappa shape index (κ2) is 9.45. The number of nitrogens with one attached hydrogen (secondary N) is 1. The molecule has 0 aliphatic rings. The molecule has 0 spiro atoms. The van der Waals surface area contributed by atoms with E-state index in [0.29, 0.717) is 24.6 Å². The first-order valence-corrected chi connectivity index (χ1v) is 11.1. The molecule has 170 valence electrons. The largest absolute Gasteiger partial charge is 0.494 e. The van der Waals surface area contributed by atoms with Crippen LogP contribution in [0, 0.1) is 0 Å². The van der Waals surface area contributed by atoms with Crippen LogP contribution >= 0.6 is 15.9 Å². The van der Waals surface area contributed by atoms with Crippen molar-refractivity contribution < 1.29 is 4.74 Å². The predicted octanol–water partition coefficient (Wildman–Crippen LogP) is 3.09. The van der Waals surface area contributed by atoms with Crippen LogP contribution in [0.3, 0.4) is 0 Å². The van der Waals surface area contributed by atoms with Crippen LogP contribution in [0.2, 0.25) is 0 Å². The molecular formula is C23H23BrN6O3. The highest BCUT2D eigenvalue weighted by Crippen LogP contribution is 2.20. The molecule has 0 fully saturated rings. The Morgan fingerprint density at radius 3 is 2.58 bits per heavy atom. The summed E-state index contributed by atoms with van der Waals surface area (Å²) in [6.07, 6.45) is 1.65. The van der Waals surface area contributed by atoms with Gasteiger partial charge in [-0.1, -0.05) is 28.1 Å². The third-order valence-electron chi connectivity index (χ3n) is 5.15. The molecule has 4 rings (SSSR count). The highest BCUT2D eigenvalue weighted by atomic mass is 79.9. The average molecular weight is 511 g/mol. The Balaban J connectivity index is 1.74. The molecule has 0 saturated heterocycles. The zero-order valence-electron chi connectivity index (χ0n) is 18.4. The first-order valence-electron chi connectivity index (χ1n) is 10.3. The lowest BCUT2D eigenvalue weighted by Gasteiger charge is -2.09. The number of fused-ring (bicyclic) bond motifs is 1. The van der Waals surface area contributed by atoms with Gasteiger partial charge in [0.05, 0.1) is 19.4 Å². The zero-order valence-corrected chi connectivity index (χ0v) is 20.0. The average Bonchev–Trinajstić information content (AvgIpc) is 3.16. The molecule has 2 heterocycles. The van der Waals surface area contributed by atoms with Gasteiger partial charge in [-0.3, -0.25) is 18.5 Å². The lowest BCUT2D eigenvalue weighted by molar-refractivity contribution is 0.340. The summed E-state index contributed by atoms with van der Waals surface area (Å²) in [6.45, 7) is 2.90. The number of nitrogens with zero attached hydrogens (tertiary/aromatic N) is 5. The molecule has 0 aliphatic heterocycles. The number of ether oxygens (including phenoxy) is 1. The molecule has 2 aromatic heterocycles. The molecule has 0 saturated carbocycles. The summed E-state index contributed by atoms with van der Waals surface area (Å²) < 4.78 is 10.5. The number of benzene rings is 2. The third-order valence-corrected chi connectivity index (χ3v) is 5.64. The Morgan fingerprint density at radius 1 is 1.12 bits per heavy atom. The van der Waals surface area contributed by atoms with E-state index in [1.54, 1.807) is 17.8 Å². The van der Waals surface area contributed by atoms with Crippen LogP contribution in [-0.4, -0.2) is 31.5 Å². The van der Waals surface area contributed by atoms with Gasteiger partial charge in [-0.15, -0.1) is 0 Å². The van der Waals surface area contributed by atoms with Crippen LogP contribution in [0.15, 0.2) is 67.7 Å².